The molecule has 4 aliphatic heterocycles. The number of nitrogens with zero attached hydrogens (tertiary/aromatic N) is 9. The number of benzene rings is 1. The Bertz CT molecular complexity index is 3270. The Morgan fingerprint density at radius 1 is 0.884 bits per heavy atom. The number of aryl methyl sites for hydroxylation is 3. The topological polar surface area (TPSA) is 183 Å². The van der Waals surface area contributed by atoms with Gasteiger partial charge in [0.05, 0.1) is 34.4 Å². The minimum atomic E-state index is -2.82. The largest absolute Gasteiger partial charge is 0.392 e. The number of carbonyl (C=O) groups excluding carboxylic acids is 3. The summed E-state index contributed by atoms with van der Waals surface area (Å²) in [6, 6.07) is 12.7. The van der Waals surface area contributed by atoms with Crippen LogP contribution in [0.2, 0.25) is 0 Å². The monoisotopic (exact) mass is 954 g/mol. The SMILES string of the molecule is [2H]C([2H])([2H])n1cc(-c2ccnc(N3CCc4c(sc5c4CCCC5)C3=O)c2CO)cc(Nc2ccc(N3CCN(C4CCN(c5ccc6c(c5)n(C5CCC(=O)NC5=O)c(=O)n6C)CC4)C[C@@H]3C)cn2)c1=O. The molecule has 0 spiro atoms. The van der Waals surface area contributed by atoms with E-state index in [0.29, 0.717) is 57.4 Å². The van der Waals surface area contributed by atoms with Crippen LogP contribution in [0.25, 0.3) is 22.2 Å². The average Bonchev–Trinajstić information content (AvgIpc) is 3.88. The summed E-state index contributed by atoms with van der Waals surface area (Å²) in [5.74, 6) is -0.274. The number of carbonyl (C=O) groups is 3. The van der Waals surface area contributed by atoms with E-state index >= 15 is 0 Å². The number of aliphatic hydroxyl groups is 1. The summed E-state index contributed by atoms with van der Waals surface area (Å²) in [5, 5.41) is 16.3. The summed E-state index contributed by atoms with van der Waals surface area (Å²) in [5.41, 5.74) is 5.85. The lowest BCUT2D eigenvalue weighted by Crippen LogP contribution is -2.57. The van der Waals surface area contributed by atoms with Gasteiger partial charge in [0.1, 0.15) is 23.4 Å². The molecule has 9 heterocycles. The van der Waals surface area contributed by atoms with Crippen LogP contribution in [0, 0.1) is 0 Å². The smallest absolute Gasteiger partial charge is 0.329 e. The molecule has 1 aromatic carbocycles. The highest BCUT2D eigenvalue weighted by Crippen LogP contribution is 2.40. The molecule has 0 bridgehead atoms. The number of imide groups is 1. The lowest BCUT2D eigenvalue weighted by Gasteiger charge is -2.46. The minimum Gasteiger partial charge on any atom is -0.392 e. The van der Waals surface area contributed by atoms with Gasteiger partial charge in [0.15, 0.2) is 0 Å². The van der Waals surface area contributed by atoms with Gasteiger partial charge >= 0.3 is 5.69 Å². The summed E-state index contributed by atoms with van der Waals surface area (Å²) in [6.07, 6.45) is 11.8. The third-order valence-corrected chi connectivity index (χ3v) is 16.3. The summed E-state index contributed by atoms with van der Waals surface area (Å²) in [6.45, 7) is 3.47. The maximum absolute atomic E-state index is 14.1. The maximum Gasteiger partial charge on any atom is 0.329 e. The second-order valence-electron chi connectivity index (χ2n) is 19.0. The van der Waals surface area contributed by atoms with Gasteiger partial charge in [0, 0.05) is 110 Å². The standard InChI is InChI=1S/C51H57N11O6S/c1-30-27-59(32-15-19-58(20-16-32)33-8-10-40-42(25-33)62(51(68)57(40)3)41-11-13-45(64)55-48(41)65)22-23-60(30)34-9-12-44(53-26-34)54-39-24-31(28-56(2)49(39)66)35-14-18-52-47(38(35)29-63)61-21-17-37-36-6-4-5-7-43(36)69-46(37)50(61)67/h8-10,12,14,18,24-26,28,30,32,41,63H,4-7,11,13,15-17,19-23,27,29H2,1-3H3,(H,53,54)(H,55,64,65)/t30-,41?/m0/s1/i2D3. The average molecular weight is 955 g/mol. The molecule has 18 heteroatoms. The highest BCUT2D eigenvalue weighted by molar-refractivity contribution is 7.14. The fraction of sp³-hybridized carbons (Fsp3) is 0.431. The van der Waals surface area contributed by atoms with Gasteiger partial charge in [-0.05, 0) is 117 Å². The Hall–Kier alpha value is -6.63. The number of piperazine rings is 1. The molecule has 1 aliphatic carbocycles. The van der Waals surface area contributed by atoms with Crippen LogP contribution in [0.15, 0.2) is 70.6 Å². The second kappa shape index (κ2) is 18.0. The van der Waals surface area contributed by atoms with Gasteiger partial charge in [-0.15, -0.1) is 11.3 Å². The first-order valence-corrected chi connectivity index (χ1v) is 24.8. The zero-order valence-electron chi connectivity index (χ0n) is 41.7. The molecule has 0 saturated carbocycles. The van der Waals surface area contributed by atoms with Crippen LogP contribution < -0.4 is 36.6 Å². The maximum atomic E-state index is 14.1. The van der Waals surface area contributed by atoms with Crippen LogP contribution in [0.5, 0.6) is 0 Å². The summed E-state index contributed by atoms with van der Waals surface area (Å²) < 4.78 is 28.6. The van der Waals surface area contributed by atoms with Crippen molar-refractivity contribution >= 4 is 68.8 Å². The van der Waals surface area contributed by atoms with E-state index in [2.05, 4.69) is 42.2 Å². The van der Waals surface area contributed by atoms with Crippen molar-refractivity contribution in [2.45, 2.75) is 89.4 Å². The number of amides is 3. The van der Waals surface area contributed by atoms with Crippen molar-refractivity contribution in [1.82, 2.24) is 33.9 Å². The van der Waals surface area contributed by atoms with E-state index in [0.717, 1.165) is 98.6 Å². The quantitative estimate of drug-likeness (QED) is 0.165. The van der Waals surface area contributed by atoms with E-state index in [4.69, 9.17) is 4.11 Å². The third kappa shape index (κ3) is 8.01. The molecule has 3 amide bonds. The van der Waals surface area contributed by atoms with Gasteiger partial charge in [-0.25, -0.2) is 14.8 Å². The molecule has 3 N–H and O–H groups in total. The van der Waals surface area contributed by atoms with Gasteiger partial charge < -0.3 is 24.8 Å². The highest BCUT2D eigenvalue weighted by Gasteiger charge is 2.36. The molecule has 0 radical (unpaired) electrons. The van der Waals surface area contributed by atoms with E-state index < -0.39 is 31.1 Å². The van der Waals surface area contributed by atoms with Crippen LogP contribution in [-0.4, -0.2) is 103 Å². The number of thiophene rings is 1. The first kappa shape index (κ1) is 41.4. The lowest BCUT2D eigenvalue weighted by molar-refractivity contribution is -0.135. The Morgan fingerprint density at radius 2 is 1.71 bits per heavy atom. The molecule has 2 atom stereocenters. The normalized spacial score (nSPS) is 21.2. The van der Waals surface area contributed by atoms with Crippen molar-refractivity contribution in [2.75, 3.05) is 59.3 Å². The van der Waals surface area contributed by atoms with Gasteiger partial charge in [-0.2, -0.15) is 0 Å². The number of piperidine rings is 2. The summed E-state index contributed by atoms with van der Waals surface area (Å²) in [4.78, 5) is 86.0. The highest BCUT2D eigenvalue weighted by atomic mass is 32.1. The summed E-state index contributed by atoms with van der Waals surface area (Å²) in [7, 11) is 1.70. The van der Waals surface area contributed by atoms with Crippen LogP contribution in [0.1, 0.15) is 86.8 Å². The van der Waals surface area contributed by atoms with E-state index in [9.17, 15) is 29.1 Å². The van der Waals surface area contributed by atoms with Crippen LogP contribution in [0.3, 0.4) is 0 Å². The van der Waals surface area contributed by atoms with Crippen molar-refractivity contribution in [1.29, 1.82) is 0 Å². The molecule has 5 aliphatic rings. The summed E-state index contributed by atoms with van der Waals surface area (Å²) >= 11 is 1.56. The second-order valence-corrected chi connectivity index (χ2v) is 20.1. The molecule has 69 heavy (non-hydrogen) atoms. The predicted octanol–water partition coefficient (Wildman–Crippen LogP) is 5.03. The van der Waals surface area contributed by atoms with Crippen LogP contribution in [-0.2, 0) is 49.5 Å². The predicted molar refractivity (Wildman–Crippen MR) is 267 cm³/mol. The van der Waals surface area contributed by atoms with E-state index in [1.54, 1.807) is 52.2 Å². The number of fused-ring (bicyclic) bond motifs is 4. The Labute approximate surface area is 407 Å². The number of nitrogens with one attached hydrogen (secondary N) is 2. The zero-order valence-corrected chi connectivity index (χ0v) is 39.6. The molecule has 3 saturated heterocycles. The van der Waals surface area contributed by atoms with Gasteiger partial charge in [-0.1, -0.05) is 0 Å². The first-order chi connectivity index (χ1) is 34.7. The molecular formula is C51H57N11O6S. The van der Waals surface area contributed by atoms with Gasteiger partial charge in [0.2, 0.25) is 11.8 Å². The Morgan fingerprint density at radius 3 is 2.48 bits per heavy atom. The van der Waals surface area contributed by atoms with E-state index in [-0.39, 0.29) is 42.1 Å². The number of aliphatic hydroxyl groups excluding tert-OH is 1. The Kier molecular flexibility index (Phi) is 10.8. The van der Waals surface area contributed by atoms with E-state index in [1.807, 2.05) is 24.3 Å². The molecule has 11 rings (SSSR count). The van der Waals surface area contributed by atoms with Crippen molar-refractivity contribution in [3.8, 4) is 11.1 Å². The van der Waals surface area contributed by atoms with Crippen molar-refractivity contribution in [3.63, 3.8) is 0 Å². The lowest BCUT2D eigenvalue weighted by atomic mass is 9.92. The molecule has 6 aromatic rings. The van der Waals surface area contributed by atoms with Crippen molar-refractivity contribution in [3.05, 3.63) is 108 Å². The van der Waals surface area contributed by atoms with Crippen molar-refractivity contribution < 1.29 is 23.6 Å². The van der Waals surface area contributed by atoms with Gasteiger partial charge in [0.25, 0.3) is 11.5 Å². The number of aromatic nitrogens is 5. The molecule has 5 aromatic heterocycles. The van der Waals surface area contributed by atoms with E-state index in [1.165, 1.54) is 27.4 Å². The third-order valence-electron chi connectivity index (χ3n) is 15.0. The number of pyridine rings is 3. The number of anilines is 5. The van der Waals surface area contributed by atoms with Crippen LogP contribution >= 0.6 is 11.3 Å². The fourth-order valence-corrected chi connectivity index (χ4v) is 12.8. The molecule has 3 fully saturated rings. The molecular weight excluding hydrogens is 895 g/mol. The molecule has 358 valence electrons. The molecule has 1 unspecified atom stereocenters. The van der Waals surface area contributed by atoms with Crippen LogP contribution in [0.4, 0.5) is 28.7 Å². The van der Waals surface area contributed by atoms with Crippen molar-refractivity contribution in [2.24, 2.45) is 14.0 Å². The van der Waals surface area contributed by atoms with Gasteiger partial charge in [-0.3, -0.25) is 43.4 Å². The number of hydrogen-bond donors (Lipinski definition) is 3. The molecule has 17 nitrogen and oxygen atoms in total. The minimum absolute atomic E-state index is 0.0184. The number of imidazole rings is 1. The fourth-order valence-electron chi connectivity index (χ4n) is 11.4. The first-order valence-electron chi connectivity index (χ1n) is 25.5. The number of hydrogen-bond acceptors (Lipinski definition) is 13. The number of rotatable bonds is 9. The zero-order chi connectivity index (χ0) is 50.2. The Balaban J connectivity index is 0.760.